The van der Waals surface area contributed by atoms with Gasteiger partial charge < -0.3 is 22.3 Å². The number of rotatable bonds is 4. The van der Waals surface area contributed by atoms with Gasteiger partial charge in [-0.15, -0.1) is 0 Å². The normalized spacial score (nSPS) is 8.25. The number of hydrogen-bond donors (Lipinski definition) is 4. The van der Waals surface area contributed by atoms with Crippen LogP contribution in [0.5, 0.6) is 0 Å². The Morgan fingerprint density at radius 1 is 1.38 bits per heavy atom. The second kappa shape index (κ2) is 9.96. The third-order valence-electron chi connectivity index (χ3n) is 0.610. The first-order valence-corrected chi connectivity index (χ1v) is 2.43. The van der Waals surface area contributed by atoms with E-state index in [1.54, 1.807) is 0 Å². The molecule has 0 saturated carbocycles. The van der Waals surface area contributed by atoms with Gasteiger partial charge in [-0.05, 0) is 0 Å². The van der Waals surface area contributed by atoms with Crippen molar-refractivity contribution in [3.63, 3.8) is 0 Å². The molecular weight excluding hydrogens is 106 g/mol. The molecule has 0 spiro atoms. The highest BCUT2D eigenvalue weighted by Gasteiger charge is 1.77. The van der Waals surface area contributed by atoms with Gasteiger partial charge in [-0.2, -0.15) is 0 Å². The minimum Gasteiger partial charge on any atom is -0.395 e. The Balaban J connectivity index is 0. The van der Waals surface area contributed by atoms with Crippen molar-refractivity contribution in [2.45, 2.75) is 0 Å². The van der Waals surface area contributed by atoms with Crippen LogP contribution in [0.2, 0.25) is 0 Å². The van der Waals surface area contributed by atoms with Gasteiger partial charge >= 0.3 is 0 Å². The van der Waals surface area contributed by atoms with Crippen LogP contribution in [-0.2, 0) is 0 Å². The van der Waals surface area contributed by atoms with E-state index in [2.05, 4.69) is 5.32 Å². The predicted octanol–water partition coefficient (Wildman–Crippen LogP) is -1.31. The first-order valence-electron chi connectivity index (χ1n) is 2.43. The zero-order valence-electron chi connectivity index (χ0n) is 5.06. The Hall–Kier alpha value is -0.160. The minimum absolute atomic E-state index is 0. The fraction of sp³-hybridized carbons (Fsp3) is 1.00. The molecule has 4 heteroatoms. The van der Waals surface area contributed by atoms with E-state index in [0.29, 0.717) is 13.1 Å². The fourth-order valence-electron chi connectivity index (χ4n) is 0.306. The van der Waals surface area contributed by atoms with Gasteiger partial charge in [0.2, 0.25) is 0 Å². The van der Waals surface area contributed by atoms with Crippen LogP contribution < -0.4 is 17.2 Å². The first-order chi connectivity index (χ1) is 3.41. The Bertz CT molecular complexity index is 30.5. The molecular formula is C4H15N3O. The second-order valence-corrected chi connectivity index (χ2v) is 1.26. The molecule has 0 amide bonds. The Labute approximate surface area is 49.7 Å². The number of aliphatic hydroxyl groups excluding tert-OH is 1. The largest absolute Gasteiger partial charge is 0.395 e. The van der Waals surface area contributed by atoms with Gasteiger partial charge in [0.1, 0.15) is 0 Å². The highest BCUT2D eigenvalue weighted by molar-refractivity contribution is 4.42. The molecule has 0 aliphatic rings. The third kappa shape index (κ3) is 9.28. The Morgan fingerprint density at radius 3 is 2.38 bits per heavy atom. The average molecular weight is 121 g/mol. The van der Waals surface area contributed by atoms with Gasteiger partial charge in [0.15, 0.2) is 0 Å². The van der Waals surface area contributed by atoms with E-state index in [1.165, 1.54) is 0 Å². The summed E-state index contributed by atoms with van der Waals surface area (Å²) in [7, 11) is 0. The molecule has 0 aromatic rings. The zero-order valence-corrected chi connectivity index (χ0v) is 5.06. The molecule has 8 heavy (non-hydrogen) atoms. The molecule has 52 valence electrons. The summed E-state index contributed by atoms with van der Waals surface area (Å²) in [6, 6.07) is 0. The molecule has 0 bridgehead atoms. The lowest BCUT2D eigenvalue weighted by Gasteiger charge is -1.95. The van der Waals surface area contributed by atoms with E-state index in [4.69, 9.17) is 10.8 Å². The van der Waals surface area contributed by atoms with Crippen molar-refractivity contribution in [3.05, 3.63) is 0 Å². The summed E-state index contributed by atoms with van der Waals surface area (Å²) in [6.07, 6.45) is 0. The van der Waals surface area contributed by atoms with E-state index in [9.17, 15) is 0 Å². The average Bonchev–Trinajstić information content (AvgIpc) is 1.69. The van der Waals surface area contributed by atoms with Crippen LogP contribution in [0.4, 0.5) is 0 Å². The lowest BCUT2D eigenvalue weighted by atomic mass is 10.6. The number of aliphatic hydroxyl groups is 1. The quantitative estimate of drug-likeness (QED) is 0.347. The summed E-state index contributed by atoms with van der Waals surface area (Å²) in [4.78, 5) is 0. The van der Waals surface area contributed by atoms with E-state index < -0.39 is 0 Å². The minimum atomic E-state index is 0. The lowest BCUT2D eigenvalue weighted by Crippen LogP contribution is -2.24. The van der Waals surface area contributed by atoms with E-state index >= 15 is 0 Å². The number of nitrogens with two attached hydrogens (primary N) is 1. The molecule has 0 saturated heterocycles. The standard InChI is InChI=1S/C4H12N2O.H3N/c5-1-2-6-3-4-7;/h6-7H,1-5H2;1H3. The molecule has 7 N–H and O–H groups in total. The lowest BCUT2D eigenvalue weighted by molar-refractivity contribution is 0.293. The molecule has 0 aliphatic heterocycles. The summed E-state index contributed by atoms with van der Waals surface area (Å²) in [6.45, 7) is 2.28. The molecule has 0 fully saturated rings. The maximum atomic E-state index is 8.19. The molecule has 0 unspecified atom stereocenters. The molecule has 0 aliphatic carbocycles. The molecule has 0 radical (unpaired) electrons. The molecule has 0 heterocycles. The summed E-state index contributed by atoms with van der Waals surface area (Å²) in [5, 5.41) is 11.1. The van der Waals surface area contributed by atoms with Crippen LogP contribution in [0.25, 0.3) is 0 Å². The van der Waals surface area contributed by atoms with E-state index in [0.717, 1.165) is 6.54 Å². The van der Waals surface area contributed by atoms with Crippen molar-refractivity contribution >= 4 is 0 Å². The van der Waals surface area contributed by atoms with Gasteiger partial charge in [-0.3, -0.25) is 0 Å². The fourth-order valence-corrected chi connectivity index (χ4v) is 0.306. The number of hydrogen-bond acceptors (Lipinski definition) is 4. The number of nitrogens with one attached hydrogen (secondary N) is 1. The van der Waals surface area contributed by atoms with Gasteiger partial charge in [0, 0.05) is 19.6 Å². The molecule has 4 nitrogen and oxygen atoms in total. The van der Waals surface area contributed by atoms with Crippen molar-refractivity contribution in [1.82, 2.24) is 11.5 Å². The van der Waals surface area contributed by atoms with Crippen molar-refractivity contribution in [2.75, 3.05) is 26.2 Å². The zero-order chi connectivity index (χ0) is 5.54. The molecule has 0 rings (SSSR count). The summed E-state index contributed by atoms with van der Waals surface area (Å²) in [5.74, 6) is 0. The van der Waals surface area contributed by atoms with Crippen LogP contribution in [0.3, 0.4) is 0 Å². The third-order valence-corrected chi connectivity index (χ3v) is 0.610. The second-order valence-electron chi connectivity index (χ2n) is 1.26. The van der Waals surface area contributed by atoms with Crippen LogP contribution in [0.15, 0.2) is 0 Å². The van der Waals surface area contributed by atoms with E-state index in [1.807, 2.05) is 0 Å². The van der Waals surface area contributed by atoms with E-state index in [-0.39, 0.29) is 12.8 Å². The summed E-state index contributed by atoms with van der Waals surface area (Å²) in [5.41, 5.74) is 5.13. The summed E-state index contributed by atoms with van der Waals surface area (Å²) < 4.78 is 0. The maximum Gasteiger partial charge on any atom is 0.0555 e. The van der Waals surface area contributed by atoms with Crippen molar-refractivity contribution < 1.29 is 5.11 Å². The highest BCUT2D eigenvalue weighted by Crippen LogP contribution is 1.51. The van der Waals surface area contributed by atoms with Crippen LogP contribution >= 0.6 is 0 Å². The maximum absolute atomic E-state index is 8.19. The van der Waals surface area contributed by atoms with Crippen molar-refractivity contribution in [2.24, 2.45) is 5.73 Å². The topological polar surface area (TPSA) is 93.3 Å². The van der Waals surface area contributed by atoms with Gasteiger partial charge in [-0.25, -0.2) is 0 Å². The predicted molar refractivity (Wildman–Crippen MR) is 34.0 cm³/mol. The van der Waals surface area contributed by atoms with Crippen molar-refractivity contribution in [3.8, 4) is 0 Å². The van der Waals surface area contributed by atoms with Crippen molar-refractivity contribution in [1.29, 1.82) is 0 Å². The summed E-state index contributed by atoms with van der Waals surface area (Å²) >= 11 is 0. The van der Waals surface area contributed by atoms with Gasteiger partial charge in [0.05, 0.1) is 6.61 Å². The highest BCUT2D eigenvalue weighted by atomic mass is 16.3. The first kappa shape index (κ1) is 10.8. The molecule has 0 aromatic carbocycles. The van der Waals surface area contributed by atoms with Gasteiger partial charge in [0.25, 0.3) is 0 Å². The monoisotopic (exact) mass is 121 g/mol. The van der Waals surface area contributed by atoms with Crippen LogP contribution in [0, 0.1) is 0 Å². The Morgan fingerprint density at radius 2 is 2.00 bits per heavy atom. The SMILES string of the molecule is N.NCCNCCO. The molecule has 0 aromatic heterocycles. The smallest absolute Gasteiger partial charge is 0.0555 e. The van der Waals surface area contributed by atoms with Gasteiger partial charge in [-0.1, -0.05) is 0 Å². The van der Waals surface area contributed by atoms with Crippen LogP contribution in [0.1, 0.15) is 0 Å². The van der Waals surface area contributed by atoms with Crippen LogP contribution in [-0.4, -0.2) is 31.3 Å². The Kier molecular flexibility index (Phi) is 13.4. The molecule has 0 atom stereocenters.